The molecule has 0 fully saturated rings. The minimum atomic E-state index is 0.240. The molecule has 20 heavy (non-hydrogen) atoms. The van der Waals surface area contributed by atoms with E-state index in [9.17, 15) is 0 Å². The Morgan fingerprint density at radius 2 is 2.10 bits per heavy atom. The highest BCUT2D eigenvalue weighted by Gasteiger charge is 2.25. The van der Waals surface area contributed by atoms with Crippen molar-refractivity contribution in [3.8, 4) is 5.75 Å². The Labute approximate surface area is 120 Å². The fraction of sp³-hybridized carbons (Fsp3) is 0.353. The van der Waals surface area contributed by atoms with Crippen LogP contribution in [0, 0.1) is 0 Å². The van der Waals surface area contributed by atoms with Crippen molar-refractivity contribution in [3.05, 3.63) is 59.4 Å². The zero-order valence-corrected chi connectivity index (χ0v) is 12.0. The second-order valence-electron chi connectivity index (χ2n) is 5.27. The number of para-hydroxylation sites is 1. The molecule has 0 amide bonds. The average molecular weight is 268 g/mol. The smallest absolute Gasteiger partial charge is 0.123 e. The van der Waals surface area contributed by atoms with Gasteiger partial charge in [-0.25, -0.2) is 0 Å². The Kier molecular flexibility index (Phi) is 3.70. The second-order valence-corrected chi connectivity index (χ2v) is 5.27. The third kappa shape index (κ3) is 2.41. The Hall–Kier alpha value is -1.87. The van der Waals surface area contributed by atoms with E-state index in [1.54, 1.807) is 7.11 Å². The number of nitrogens with one attached hydrogen (secondary N) is 1. The van der Waals surface area contributed by atoms with E-state index >= 15 is 0 Å². The first-order valence-corrected chi connectivity index (χ1v) is 7.12. The molecule has 2 atom stereocenters. The van der Waals surface area contributed by atoms with E-state index in [0.29, 0.717) is 6.04 Å². The van der Waals surface area contributed by atoms with Crippen LogP contribution in [-0.4, -0.2) is 12.1 Å². The van der Waals surface area contributed by atoms with E-state index < -0.39 is 0 Å². The standard InChI is InChI=1S/C17H20N2O/c1-12(14-7-3-4-8-16(14)20-2)19-15-10-9-13-6-5-11-18-17(13)15/h3-8,11-12,15,19H,9-10H2,1-2H3. The number of hydrogen-bond donors (Lipinski definition) is 1. The molecule has 0 radical (unpaired) electrons. The first-order chi connectivity index (χ1) is 9.79. The van der Waals surface area contributed by atoms with Gasteiger partial charge in [-0.2, -0.15) is 0 Å². The highest BCUT2D eigenvalue weighted by Crippen LogP contribution is 2.33. The molecule has 1 aliphatic rings. The van der Waals surface area contributed by atoms with Crippen molar-refractivity contribution in [2.75, 3.05) is 7.11 Å². The van der Waals surface area contributed by atoms with Gasteiger partial charge in [0.05, 0.1) is 18.8 Å². The summed E-state index contributed by atoms with van der Waals surface area (Å²) in [6, 6.07) is 13.0. The predicted molar refractivity (Wildman–Crippen MR) is 79.8 cm³/mol. The van der Waals surface area contributed by atoms with Gasteiger partial charge in [-0.1, -0.05) is 24.3 Å². The van der Waals surface area contributed by atoms with E-state index in [-0.39, 0.29) is 6.04 Å². The lowest BCUT2D eigenvalue weighted by Gasteiger charge is -2.21. The lowest BCUT2D eigenvalue weighted by molar-refractivity contribution is 0.392. The van der Waals surface area contributed by atoms with Gasteiger partial charge in [-0.05, 0) is 37.5 Å². The van der Waals surface area contributed by atoms with Crippen LogP contribution in [0.4, 0.5) is 0 Å². The van der Waals surface area contributed by atoms with E-state index in [1.165, 1.54) is 16.8 Å². The molecule has 3 rings (SSSR count). The molecule has 0 saturated carbocycles. The van der Waals surface area contributed by atoms with Crippen LogP contribution in [0.3, 0.4) is 0 Å². The summed E-state index contributed by atoms with van der Waals surface area (Å²) in [6.45, 7) is 2.18. The minimum absolute atomic E-state index is 0.240. The van der Waals surface area contributed by atoms with Crippen LogP contribution >= 0.6 is 0 Å². The van der Waals surface area contributed by atoms with E-state index in [1.807, 2.05) is 24.4 Å². The van der Waals surface area contributed by atoms with Crippen molar-refractivity contribution in [2.24, 2.45) is 0 Å². The van der Waals surface area contributed by atoms with Gasteiger partial charge in [0.25, 0.3) is 0 Å². The Bertz CT molecular complexity index is 597. The third-order valence-electron chi connectivity index (χ3n) is 4.02. The van der Waals surface area contributed by atoms with Crippen LogP contribution in [0.5, 0.6) is 5.75 Å². The molecule has 1 heterocycles. The first-order valence-electron chi connectivity index (χ1n) is 7.12. The number of rotatable bonds is 4. The second kappa shape index (κ2) is 5.63. The van der Waals surface area contributed by atoms with Crippen LogP contribution in [-0.2, 0) is 6.42 Å². The summed E-state index contributed by atoms with van der Waals surface area (Å²) in [7, 11) is 1.72. The van der Waals surface area contributed by atoms with Crippen LogP contribution in [0.15, 0.2) is 42.6 Å². The number of nitrogens with zero attached hydrogens (tertiary/aromatic N) is 1. The fourth-order valence-corrected chi connectivity index (χ4v) is 2.99. The molecule has 0 aliphatic heterocycles. The summed E-state index contributed by atoms with van der Waals surface area (Å²) in [4.78, 5) is 4.54. The summed E-state index contributed by atoms with van der Waals surface area (Å²) in [6.07, 6.45) is 4.11. The quantitative estimate of drug-likeness (QED) is 0.922. The van der Waals surface area contributed by atoms with Crippen LogP contribution in [0.1, 0.15) is 42.2 Å². The molecular weight excluding hydrogens is 248 g/mol. The molecule has 0 spiro atoms. The number of methoxy groups -OCH3 is 1. The molecule has 0 bridgehead atoms. The van der Waals surface area contributed by atoms with Crippen molar-refractivity contribution < 1.29 is 4.74 Å². The van der Waals surface area contributed by atoms with Crippen molar-refractivity contribution in [3.63, 3.8) is 0 Å². The van der Waals surface area contributed by atoms with Gasteiger partial charge in [0.1, 0.15) is 5.75 Å². The maximum absolute atomic E-state index is 5.44. The van der Waals surface area contributed by atoms with Crippen molar-refractivity contribution >= 4 is 0 Å². The number of hydrogen-bond acceptors (Lipinski definition) is 3. The van der Waals surface area contributed by atoms with Crippen molar-refractivity contribution in [2.45, 2.75) is 31.8 Å². The van der Waals surface area contributed by atoms with Gasteiger partial charge in [0.2, 0.25) is 0 Å². The van der Waals surface area contributed by atoms with Crippen LogP contribution < -0.4 is 10.1 Å². The molecule has 0 saturated heterocycles. The Morgan fingerprint density at radius 1 is 1.25 bits per heavy atom. The first kappa shape index (κ1) is 13.1. The summed E-state index contributed by atoms with van der Waals surface area (Å²) in [5.41, 5.74) is 3.77. The van der Waals surface area contributed by atoms with Gasteiger partial charge in [-0.3, -0.25) is 4.98 Å². The van der Waals surface area contributed by atoms with E-state index in [2.05, 4.69) is 35.4 Å². The van der Waals surface area contributed by atoms with Crippen LogP contribution in [0.2, 0.25) is 0 Å². The summed E-state index contributed by atoms with van der Waals surface area (Å²) < 4.78 is 5.44. The molecule has 1 N–H and O–H groups in total. The normalized spacial score (nSPS) is 18.6. The zero-order valence-electron chi connectivity index (χ0n) is 12.0. The Balaban J connectivity index is 1.79. The largest absolute Gasteiger partial charge is 0.496 e. The summed E-state index contributed by atoms with van der Waals surface area (Å²) in [5.74, 6) is 0.937. The van der Waals surface area contributed by atoms with Gasteiger partial charge < -0.3 is 10.1 Å². The topological polar surface area (TPSA) is 34.1 Å². The maximum atomic E-state index is 5.44. The number of aromatic nitrogens is 1. The maximum Gasteiger partial charge on any atom is 0.123 e. The molecule has 1 aromatic carbocycles. The SMILES string of the molecule is COc1ccccc1C(C)NC1CCc2cccnc21. The number of pyridine rings is 1. The number of benzene rings is 1. The van der Waals surface area contributed by atoms with E-state index in [4.69, 9.17) is 4.74 Å². The lowest BCUT2D eigenvalue weighted by Crippen LogP contribution is -2.24. The average Bonchev–Trinajstić information content (AvgIpc) is 2.90. The molecule has 1 aliphatic carbocycles. The molecule has 2 unspecified atom stereocenters. The third-order valence-corrected chi connectivity index (χ3v) is 4.02. The van der Waals surface area contributed by atoms with Crippen molar-refractivity contribution in [1.82, 2.24) is 10.3 Å². The monoisotopic (exact) mass is 268 g/mol. The predicted octanol–water partition coefficient (Wildman–Crippen LogP) is 3.43. The fourth-order valence-electron chi connectivity index (χ4n) is 2.99. The number of fused-ring (bicyclic) bond motifs is 1. The van der Waals surface area contributed by atoms with Crippen LogP contribution in [0.25, 0.3) is 0 Å². The van der Waals surface area contributed by atoms with Gasteiger partial charge >= 0.3 is 0 Å². The van der Waals surface area contributed by atoms with Gasteiger partial charge in [-0.15, -0.1) is 0 Å². The zero-order chi connectivity index (χ0) is 13.9. The Morgan fingerprint density at radius 3 is 2.95 bits per heavy atom. The lowest BCUT2D eigenvalue weighted by atomic mass is 10.1. The molecule has 3 heteroatoms. The number of ether oxygens (including phenoxy) is 1. The summed E-state index contributed by atoms with van der Waals surface area (Å²) in [5, 5.41) is 3.68. The van der Waals surface area contributed by atoms with Crippen molar-refractivity contribution in [1.29, 1.82) is 0 Å². The molecule has 3 nitrogen and oxygen atoms in total. The van der Waals surface area contributed by atoms with E-state index in [0.717, 1.165) is 18.6 Å². The number of aryl methyl sites for hydroxylation is 1. The molecule has 1 aromatic heterocycles. The highest BCUT2D eigenvalue weighted by molar-refractivity contribution is 5.36. The minimum Gasteiger partial charge on any atom is -0.496 e. The highest BCUT2D eigenvalue weighted by atomic mass is 16.5. The summed E-state index contributed by atoms with van der Waals surface area (Å²) >= 11 is 0. The molecular formula is C17H20N2O. The molecule has 104 valence electrons. The van der Waals surface area contributed by atoms with Gasteiger partial charge in [0, 0.05) is 17.8 Å². The van der Waals surface area contributed by atoms with Gasteiger partial charge in [0.15, 0.2) is 0 Å². The molecule has 2 aromatic rings.